The van der Waals surface area contributed by atoms with Crippen LogP contribution in [0.4, 0.5) is 4.39 Å². The zero-order valence-corrected chi connectivity index (χ0v) is 11.0. The van der Waals surface area contributed by atoms with Crippen molar-refractivity contribution >= 4 is 0 Å². The molecule has 0 radical (unpaired) electrons. The van der Waals surface area contributed by atoms with Crippen molar-refractivity contribution in [1.82, 2.24) is 10.2 Å². The van der Waals surface area contributed by atoms with E-state index in [9.17, 15) is 4.39 Å². The van der Waals surface area contributed by atoms with Crippen molar-refractivity contribution in [3.63, 3.8) is 0 Å². The lowest BCUT2D eigenvalue weighted by atomic mass is 10.1. The van der Waals surface area contributed by atoms with Crippen LogP contribution in [-0.4, -0.2) is 39.2 Å². The number of benzene rings is 1. The molecule has 1 aromatic carbocycles. The fraction of sp³-hybridized carbons (Fsp3) is 0.538. The molecule has 17 heavy (non-hydrogen) atoms. The monoisotopic (exact) mass is 240 g/mol. The Bertz CT molecular complexity index is 355. The highest BCUT2D eigenvalue weighted by Gasteiger charge is 2.15. The smallest absolute Gasteiger partial charge is 0.165 e. The highest BCUT2D eigenvalue weighted by molar-refractivity contribution is 5.31. The van der Waals surface area contributed by atoms with Gasteiger partial charge in [-0.05, 0) is 38.3 Å². The summed E-state index contributed by atoms with van der Waals surface area (Å²) in [6.45, 7) is 3.76. The molecule has 1 rings (SSSR count). The lowest BCUT2D eigenvalue weighted by molar-refractivity contribution is 0.289. The summed E-state index contributed by atoms with van der Waals surface area (Å²) >= 11 is 0. The van der Waals surface area contributed by atoms with Crippen molar-refractivity contribution in [1.29, 1.82) is 0 Å². The van der Waals surface area contributed by atoms with Gasteiger partial charge in [0.25, 0.3) is 0 Å². The van der Waals surface area contributed by atoms with Gasteiger partial charge in [-0.25, -0.2) is 4.39 Å². The molecule has 96 valence electrons. The molecule has 1 unspecified atom stereocenters. The van der Waals surface area contributed by atoms with Crippen LogP contribution in [0.5, 0.6) is 5.75 Å². The van der Waals surface area contributed by atoms with Gasteiger partial charge < -0.3 is 15.0 Å². The van der Waals surface area contributed by atoms with E-state index in [1.165, 1.54) is 7.11 Å². The summed E-state index contributed by atoms with van der Waals surface area (Å²) in [6, 6.07) is 5.29. The number of nitrogens with one attached hydrogen (secondary N) is 1. The first-order valence-electron chi connectivity index (χ1n) is 5.80. The topological polar surface area (TPSA) is 24.5 Å². The second-order valence-corrected chi connectivity index (χ2v) is 4.18. The first kappa shape index (κ1) is 13.9. The Balaban J connectivity index is 2.90. The van der Waals surface area contributed by atoms with Crippen molar-refractivity contribution in [2.75, 3.05) is 34.3 Å². The number of likely N-dealkylation sites (N-methyl/N-ethyl adjacent to an activating group) is 2. The van der Waals surface area contributed by atoms with E-state index in [-0.39, 0.29) is 17.6 Å². The molecule has 0 heterocycles. The van der Waals surface area contributed by atoms with Gasteiger partial charge in [0, 0.05) is 12.6 Å². The number of hydrogen-bond acceptors (Lipinski definition) is 3. The van der Waals surface area contributed by atoms with E-state index in [2.05, 4.69) is 17.1 Å². The molecule has 0 spiro atoms. The molecule has 0 aromatic heterocycles. The maximum atomic E-state index is 13.6. The Morgan fingerprint density at radius 2 is 2.12 bits per heavy atom. The van der Waals surface area contributed by atoms with E-state index in [0.29, 0.717) is 0 Å². The minimum Gasteiger partial charge on any atom is -0.494 e. The molecule has 4 heteroatoms. The van der Waals surface area contributed by atoms with Crippen molar-refractivity contribution in [2.24, 2.45) is 0 Å². The molecule has 0 saturated carbocycles. The van der Waals surface area contributed by atoms with Crippen molar-refractivity contribution < 1.29 is 9.13 Å². The number of halogens is 1. The first-order valence-corrected chi connectivity index (χ1v) is 5.80. The standard InChI is InChI=1S/C13H21FN2O/c1-5-15-9-12(16(2)3)10-6-7-13(17-4)11(14)8-10/h6-8,12,15H,5,9H2,1-4H3. The van der Waals surface area contributed by atoms with E-state index >= 15 is 0 Å². The maximum absolute atomic E-state index is 13.6. The van der Waals surface area contributed by atoms with E-state index in [1.54, 1.807) is 12.1 Å². The van der Waals surface area contributed by atoms with E-state index in [1.807, 2.05) is 20.2 Å². The number of methoxy groups -OCH3 is 1. The molecule has 0 aliphatic carbocycles. The van der Waals surface area contributed by atoms with E-state index in [0.717, 1.165) is 18.7 Å². The molecule has 0 aliphatic rings. The molecule has 0 fully saturated rings. The van der Waals surface area contributed by atoms with Gasteiger partial charge in [-0.15, -0.1) is 0 Å². The van der Waals surface area contributed by atoms with Crippen LogP contribution in [0.3, 0.4) is 0 Å². The van der Waals surface area contributed by atoms with Gasteiger partial charge in [0.2, 0.25) is 0 Å². The molecule has 1 aromatic rings. The van der Waals surface area contributed by atoms with Crippen LogP contribution < -0.4 is 10.1 Å². The summed E-state index contributed by atoms with van der Waals surface area (Å²) in [5, 5.41) is 3.28. The van der Waals surface area contributed by atoms with Gasteiger partial charge in [-0.2, -0.15) is 0 Å². The first-order chi connectivity index (χ1) is 8.10. The van der Waals surface area contributed by atoms with Crippen LogP contribution in [-0.2, 0) is 0 Å². The largest absolute Gasteiger partial charge is 0.494 e. The lowest BCUT2D eigenvalue weighted by Gasteiger charge is -2.25. The Morgan fingerprint density at radius 1 is 1.41 bits per heavy atom. The average molecular weight is 240 g/mol. The summed E-state index contributed by atoms with van der Waals surface area (Å²) in [5.41, 5.74) is 0.953. The third-order valence-corrected chi connectivity index (χ3v) is 2.77. The molecule has 3 nitrogen and oxygen atoms in total. The summed E-state index contributed by atoms with van der Waals surface area (Å²) < 4.78 is 18.5. The van der Waals surface area contributed by atoms with Crippen LogP contribution in [0.1, 0.15) is 18.5 Å². The van der Waals surface area contributed by atoms with Gasteiger partial charge in [0.15, 0.2) is 11.6 Å². The SMILES string of the molecule is CCNCC(c1ccc(OC)c(F)c1)N(C)C. The minimum atomic E-state index is -0.312. The highest BCUT2D eigenvalue weighted by atomic mass is 19.1. The summed E-state index contributed by atoms with van der Waals surface area (Å²) in [5.74, 6) is -0.0249. The Morgan fingerprint density at radius 3 is 2.59 bits per heavy atom. The fourth-order valence-electron chi connectivity index (χ4n) is 1.77. The predicted molar refractivity (Wildman–Crippen MR) is 67.9 cm³/mol. The number of rotatable bonds is 6. The van der Waals surface area contributed by atoms with Crippen molar-refractivity contribution in [3.05, 3.63) is 29.6 Å². The summed E-state index contributed by atoms with van der Waals surface area (Å²) in [6.07, 6.45) is 0. The third kappa shape index (κ3) is 3.68. The maximum Gasteiger partial charge on any atom is 0.165 e. The Labute approximate surface area is 103 Å². The molecule has 1 atom stereocenters. The third-order valence-electron chi connectivity index (χ3n) is 2.77. The zero-order chi connectivity index (χ0) is 12.8. The van der Waals surface area contributed by atoms with Crippen LogP contribution in [0.25, 0.3) is 0 Å². The number of hydrogen-bond donors (Lipinski definition) is 1. The van der Waals surface area contributed by atoms with Crippen LogP contribution >= 0.6 is 0 Å². The molecule has 0 aliphatic heterocycles. The van der Waals surface area contributed by atoms with Crippen molar-refractivity contribution in [2.45, 2.75) is 13.0 Å². The molecular weight excluding hydrogens is 219 g/mol. The quantitative estimate of drug-likeness (QED) is 0.823. The number of ether oxygens (including phenoxy) is 1. The van der Waals surface area contributed by atoms with Gasteiger partial charge >= 0.3 is 0 Å². The van der Waals surface area contributed by atoms with Crippen LogP contribution in [0.15, 0.2) is 18.2 Å². The highest BCUT2D eigenvalue weighted by Crippen LogP contribution is 2.23. The van der Waals surface area contributed by atoms with Gasteiger partial charge in [0.05, 0.1) is 7.11 Å². The molecule has 0 amide bonds. The van der Waals surface area contributed by atoms with Gasteiger partial charge in [-0.1, -0.05) is 13.0 Å². The molecule has 0 bridgehead atoms. The molecular formula is C13H21FN2O. The minimum absolute atomic E-state index is 0.162. The Hall–Kier alpha value is -1.13. The van der Waals surface area contributed by atoms with E-state index in [4.69, 9.17) is 4.74 Å². The van der Waals surface area contributed by atoms with Gasteiger partial charge in [0.1, 0.15) is 0 Å². The predicted octanol–water partition coefficient (Wildman–Crippen LogP) is 2.05. The van der Waals surface area contributed by atoms with Crippen LogP contribution in [0, 0.1) is 5.82 Å². The van der Waals surface area contributed by atoms with Crippen LogP contribution in [0.2, 0.25) is 0 Å². The lowest BCUT2D eigenvalue weighted by Crippen LogP contribution is -2.31. The molecule has 1 N–H and O–H groups in total. The van der Waals surface area contributed by atoms with Gasteiger partial charge in [-0.3, -0.25) is 0 Å². The fourth-order valence-corrected chi connectivity index (χ4v) is 1.77. The second-order valence-electron chi connectivity index (χ2n) is 4.18. The molecule has 0 saturated heterocycles. The number of nitrogens with zero attached hydrogens (tertiary/aromatic N) is 1. The normalized spacial score (nSPS) is 12.8. The summed E-state index contributed by atoms with van der Waals surface area (Å²) in [7, 11) is 5.45. The van der Waals surface area contributed by atoms with E-state index < -0.39 is 0 Å². The zero-order valence-electron chi connectivity index (χ0n) is 11.0. The average Bonchev–Trinajstić information content (AvgIpc) is 2.29. The van der Waals surface area contributed by atoms with Crippen molar-refractivity contribution in [3.8, 4) is 5.75 Å². The Kier molecular flexibility index (Phi) is 5.38. The second kappa shape index (κ2) is 6.57. The summed E-state index contributed by atoms with van der Waals surface area (Å²) in [4.78, 5) is 2.07.